The highest BCUT2D eigenvalue weighted by molar-refractivity contribution is 4.96. The van der Waals surface area contributed by atoms with Crippen LogP contribution in [0.1, 0.15) is 51.9 Å². The number of likely N-dealkylation sites (tertiary alicyclic amines) is 1. The molecule has 0 aromatic heterocycles. The molecule has 1 aliphatic heterocycles. The quantitative estimate of drug-likeness (QED) is 0.814. The number of nitrogens with zero attached hydrogens (tertiary/aromatic N) is 2. The molecule has 3 atom stereocenters. The van der Waals surface area contributed by atoms with Gasteiger partial charge in [0.1, 0.15) is 6.04 Å². The van der Waals surface area contributed by atoms with Gasteiger partial charge < -0.3 is 5.32 Å². The average Bonchev–Trinajstić information content (AvgIpc) is 2.43. The van der Waals surface area contributed by atoms with Gasteiger partial charge in [-0.3, -0.25) is 4.90 Å². The average molecular weight is 249 g/mol. The van der Waals surface area contributed by atoms with Gasteiger partial charge in [-0.2, -0.15) is 5.26 Å². The largest absolute Gasteiger partial charge is 0.301 e. The van der Waals surface area contributed by atoms with Gasteiger partial charge >= 0.3 is 0 Å². The van der Waals surface area contributed by atoms with Gasteiger partial charge in [0.25, 0.3) is 0 Å². The predicted octanol–water partition coefficient (Wildman–Crippen LogP) is 2.53. The number of nitriles is 1. The number of fused-ring (bicyclic) bond motifs is 1. The van der Waals surface area contributed by atoms with Crippen LogP contribution < -0.4 is 5.32 Å². The molecule has 1 N–H and O–H groups in total. The van der Waals surface area contributed by atoms with Gasteiger partial charge in [0, 0.05) is 12.6 Å². The van der Waals surface area contributed by atoms with E-state index in [2.05, 4.69) is 23.2 Å². The van der Waals surface area contributed by atoms with Gasteiger partial charge in [-0.15, -0.1) is 0 Å². The van der Waals surface area contributed by atoms with E-state index in [0.717, 1.165) is 31.5 Å². The molecule has 1 saturated heterocycles. The Morgan fingerprint density at radius 2 is 2.06 bits per heavy atom. The lowest BCUT2D eigenvalue weighted by molar-refractivity contribution is 0.0573. The fourth-order valence-electron chi connectivity index (χ4n) is 3.66. The van der Waals surface area contributed by atoms with Gasteiger partial charge in [-0.1, -0.05) is 19.8 Å². The van der Waals surface area contributed by atoms with Gasteiger partial charge in [-0.25, -0.2) is 0 Å². The van der Waals surface area contributed by atoms with Crippen molar-refractivity contribution in [1.82, 2.24) is 10.2 Å². The highest BCUT2D eigenvalue weighted by atomic mass is 15.2. The minimum absolute atomic E-state index is 0.0191. The maximum absolute atomic E-state index is 9.24. The molecule has 1 heterocycles. The second kappa shape index (κ2) is 7.11. The smallest absolute Gasteiger partial charge is 0.108 e. The highest BCUT2D eigenvalue weighted by Gasteiger charge is 2.33. The summed E-state index contributed by atoms with van der Waals surface area (Å²) in [5.41, 5.74) is 0. The summed E-state index contributed by atoms with van der Waals surface area (Å²) in [5, 5.41) is 12.6. The van der Waals surface area contributed by atoms with Crippen LogP contribution in [-0.4, -0.2) is 36.6 Å². The normalized spacial score (nSPS) is 30.4. The van der Waals surface area contributed by atoms with E-state index in [4.69, 9.17) is 0 Å². The molecule has 2 aliphatic rings. The summed E-state index contributed by atoms with van der Waals surface area (Å²) in [7, 11) is 0. The number of hydrogen-bond acceptors (Lipinski definition) is 3. The standard InChI is InChI=1S/C15H27N3/c1-2-9-17-14(11-16)12-18-10-5-7-13-6-3-4-8-15(13)18/h13-15,17H,2-10,12H2,1H3/t13-,14?,15-/m1/s1. The maximum atomic E-state index is 9.24. The summed E-state index contributed by atoms with van der Waals surface area (Å²) in [6.07, 6.45) is 9.43. The van der Waals surface area contributed by atoms with Crippen LogP contribution in [0.4, 0.5) is 0 Å². The molecule has 0 bridgehead atoms. The summed E-state index contributed by atoms with van der Waals surface area (Å²) in [6.45, 7) is 5.24. The third-order valence-electron chi connectivity index (χ3n) is 4.57. The highest BCUT2D eigenvalue weighted by Crippen LogP contribution is 2.35. The van der Waals surface area contributed by atoms with Crippen LogP contribution in [0.15, 0.2) is 0 Å². The summed E-state index contributed by atoms with van der Waals surface area (Å²) < 4.78 is 0. The van der Waals surface area contributed by atoms with Crippen molar-refractivity contribution in [2.75, 3.05) is 19.6 Å². The molecular weight excluding hydrogens is 222 g/mol. The summed E-state index contributed by atoms with van der Waals surface area (Å²) in [4.78, 5) is 2.60. The third-order valence-corrected chi connectivity index (χ3v) is 4.57. The van der Waals surface area contributed by atoms with Crippen LogP contribution in [0.5, 0.6) is 0 Å². The topological polar surface area (TPSA) is 39.1 Å². The summed E-state index contributed by atoms with van der Waals surface area (Å²) in [5.74, 6) is 0.915. The Labute approximate surface area is 112 Å². The van der Waals surface area contributed by atoms with Crippen molar-refractivity contribution in [3.63, 3.8) is 0 Å². The molecule has 3 nitrogen and oxygen atoms in total. The Morgan fingerprint density at radius 3 is 2.83 bits per heavy atom. The maximum Gasteiger partial charge on any atom is 0.108 e. The van der Waals surface area contributed by atoms with Gasteiger partial charge in [0.05, 0.1) is 6.07 Å². The molecule has 1 aliphatic carbocycles. The van der Waals surface area contributed by atoms with Crippen LogP contribution in [-0.2, 0) is 0 Å². The monoisotopic (exact) mass is 249 g/mol. The van der Waals surface area contributed by atoms with Crippen LogP contribution in [0, 0.1) is 17.2 Å². The summed E-state index contributed by atoms with van der Waals surface area (Å²) in [6, 6.07) is 3.22. The van der Waals surface area contributed by atoms with E-state index in [0.29, 0.717) is 0 Å². The van der Waals surface area contributed by atoms with Crippen LogP contribution in [0.25, 0.3) is 0 Å². The molecule has 0 radical (unpaired) electrons. The predicted molar refractivity (Wildman–Crippen MR) is 74.2 cm³/mol. The molecule has 3 heteroatoms. The first-order valence-corrected chi connectivity index (χ1v) is 7.72. The van der Waals surface area contributed by atoms with Crippen molar-refractivity contribution in [2.24, 2.45) is 5.92 Å². The van der Waals surface area contributed by atoms with E-state index < -0.39 is 0 Å². The lowest BCUT2D eigenvalue weighted by Crippen LogP contribution is -2.51. The third kappa shape index (κ3) is 3.46. The number of hydrogen-bond donors (Lipinski definition) is 1. The van der Waals surface area contributed by atoms with Crippen molar-refractivity contribution < 1.29 is 0 Å². The van der Waals surface area contributed by atoms with E-state index in [1.54, 1.807) is 0 Å². The molecule has 0 amide bonds. The van der Waals surface area contributed by atoms with Crippen molar-refractivity contribution in [3.8, 4) is 6.07 Å². The number of piperidine rings is 1. The molecule has 0 aromatic rings. The fraction of sp³-hybridized carbons (Fsp3) is 0.933. The Kier molecular flexibility index (Phi) is 5.46. The molecule has 0 aromatic carbocycles. The number of nitrogens with one attached hydrogen (secondary N) is 1. The molecular formula is C15H27N3. The molecule has 102 valence electrons. The van der Waals surface area contributed by atoms with E-state index in [9.17, 15) is 5.26 Å². The lowest BCUT2D eigenvalue weighted by Gasteiger charge is -2.44. The van der Waals surface area contributed by atoms with E-state index in [-0.39, 0.29) is 6.04 Å². The number of rotatable bonds is 5. The van der Waals surface area contributed by atoms with Crippen molar-refractivity contribution in [3.05, 3.63) is 0 Å². The fourth-order valence-corrected chi connectivity index (χ4v) is 3.66. The molecule has 1 unspecified atom stereocenters. The molecule has 0 spiro atoms. The molecule has 2 fully saturated rings. The Balaban J connectivity index is 1.88. The van der Waals surface area contributed by atoms with E-state index in [1.807, 2.05) is 0 Å². The van der Waals surface area contributed by atoms with E-state index in [1.165, 1.54) is 45.1 Å². The second-order valence-electron chi connectivity index (χ2n) is 5.88. The first-order chi connectivity index (χ1) is 8.85. The second-order valence-corrected chi connectivity index (χ2v) is 5.88. The minimum Gasteiger partial charge on any atom is -0.301 e. The van der Waals surface area contributed by atoms with Crippen molar-refractivity contribution in [2.45, 2.75) is 64.0 Å². The van der Waals surface area contributed by atoms with Gasteiger partial charge in [0.2, 0.25) is 0 Å². The van der Waals surface area contributed by atoms with Crippen LogP contribution in [0.3, 0.4) is 0 Å². The molecule has 2 rings (SSSR count). The Bertz CT molecular complexity index is 282. The zero-order valence-electron chi connectivity index (χ0n) is 11.7. The first-order valence-electron chi connectivity index (χ1n) is 7.72. The van der Waals surface area contributed by atoms with E-state index >= 15 is 0 Å². The van der Waals surface area contributed by atoms with Gasteiger partial charge in [-0.05, 0) is 51.1 Å². The first kappa shape index (κ1) is 13.8. The SMILES string of the molecule is CCCNC(C#N)CN1CCC[C@H]2CCCC[C@H]21. The minimum atomic E-state index is 0.0191. The Hall–Kier alpha value is -0.590. The van der Waals surface area contributed by atoms with Crippen molar-refractivity contribution in [1.29, 1.82) is 5.26 Å². The molecule has 18 heavy (non-hydrogen) atoms. The zero-order chi connectivity index (χ0) is 12.8. The van der Waals surface area contributed by atoms with Crippen molar-refractivity contribution >= 4 is 0 Å². The van der Waals surface area contributed by atoms with Crippen LogP contribution >= 0.6 is 0 Å². The summed E-state index contributed by atoms with van der Waals surface area (Å²) >= 11 is 0. The zero-order valence-corrected chi connectivity index (χ0v) is 11.7. The lowest BCUT2D eigenvalue weighted by atomic mass is 9.78. The Morgan fingerprint density at radius 1 is 1.28 bits per heavy atom. The molecule has 1 saturated carbocycles. The van der Waals surface area contributed by atoms with Crippen LogP contribution in [0.2, 0.25) is 0 Å². The van der Waals surface area contributed by atoms with Gasteiger partial charge in [0.15, 0.2) is 0 Å².